The molecule has 0 N–H and O–H groups in total. The van der Waals surface area contributed by atoms with Gasteiger partial charge in [-0.15, -0.1) is 0 Å². The molecule has 0 amide bonds. The van der Waals surface area contributed by atoms with E-state index < -0.39 is 5.82 Å². The van der Waals surface area contributed by atoms with Crippen molar-refractivity contribution in [2.24, 2.45) is 5.92 Å². The Kier molecular flexibility index (Phi) is 4.10. The zero-order valence-corrected chi connectivity index (χ0v) is 11.2. The number of benzene rings is 2. The predicted octanol–water partition coefficient (Wildman–Crippen LogP) is 4.50. The van der Waals surface area contributed by atoms with Crippen molar-refractivity contribution in [3.8, 4) is 11.1 Å². The molecule has 2 aromatic rings. The first-order valence-electron chi connectivity index (χ1n) is 6.44. The lowest BCUT2D eigenvalue weighted by molar-refractivity contribution is 0.112. The average Bonchev–Trinajstić information content (AvgIpc) is 2.38. The van der Waals surface area contributed by atoms with Crippen LogP contribution in [0.1, 0.15) is 29.8 Å². The predicted molar refractivity (Wildman–Crippen MR) is 75.8 cm³/mol. The van der Waals surface area contributed by atoms with Crippen LogP contribution in [0.15, 0.2) is 42.5 Å². The molecule has 0 fully saturated rings. The minimum absolute atomic E-state index is 0.0992. The van der Waals surface area contributed by atoms with Gasteiger partial charge < -0.3 is 0 Å². The second-order valence-electron chi connectivity index (χ2n) is 5.15. The molecule has 0 unspecified atom stereocenters. The summed E-state index contributed by atoms with van der Waals surface area (Å²) >= 11 is 0. The normalized spacial score (nSPS) is 10.7. The number of carbonyl (C=O) groups is 1. The van der Waals surface area contributed by atoms with Crippen molar-refractivity contribution in [2.75, 3.05) is 0 Å². The molecule has 19 heavy (non-hydrogen) atoms. The lowest BCUT2D eigenvalue weighted by atomic mass is 9.97. The van der Waals surface area contributed by atoms with Gasteiger partial charge in [-0.05, 0) is 41.2 Å². The Hall–Kier alpha value is -1.96. The van der Waals surface area contributed by atoms with Gasteiger partial charge in [0.15, 0.2) is 6.29 Å². The summed E-state index contributed by atoms with van der Waals surface area (Å²) in [6.45, 7) is 4.34. The van der Waals surface area contributed by atoms with Crippen molar-refractivity contribution in [1.82, 2.24) is 0 Å². The van der Waals surface area contributed by atoms with Gasteiger partial charge in [-0.3, -0.25) is 4.79 Å². The number of aldehydes is 1. The van der Waals surface area contributed by atoms with E-state index >= 15 is 0 Å². The lowest BCUT2D eigenvalue weighted by Gasteiger charge is -2.08. The van der Waals surface area contributed by atoms with Crippen molar-refractivity contribution in [3.05, 3.63) is 59.4 Å². The zero-order valence-electron chi connectivity index (χ0n) is 11.2. The van der Waals surface area contributed by atoms with Crippen LogP contribution in [0.2, 0.25) is 0 Å². The van der Waals surface area contributed by atoms with Gasteiger partial charge >= 0.3 is 0 Å². The van der Waals surface area contributed by atoms with Crippen molar-refractivity contribution in [3.63, 3.8) is 0 Å². The summed E-state index contributed by atoms with van der Waals surface area (Å²) in [6.07, 6.45) is 1.54. The van der Waals surface area contributed by atoms with Crippen LogP contribution in [0.3, 0.4) is 0 Å². The first-order valence-corrected chi connectivity index (χ1v) is 6.44. The molecule has 2 heteroatoms. The standard InChI is InChI=1S/C17H17FO/c1-12(2)8-13-4-3-5-14(9-13)15-6-7-16(11-19)17(18)10-15/h3-7,9-12H,8H2,1-2H3. The summed E-state index contributed by atoms with van der Waals surface area (Å²) in [7, 11) is 0. The fraction of sp³-hybridized carbons (Fsp3) is 0.235. The summed E-state index contributed by atoms with van der Waals surface area (Å²) in [5.74, 6) is 0.117. The second kappa shape index (κ2) is 5.79. The van der Waals surface area contributed by atoms with Crippen LogP contribution < -0.4 is 0 Å². The van der Waals surface area contributed by atoms with E-state index in [2.05, 4.69) is 26.0 Å². The molecule has 0 saturated carbocycles. The van der Waals surface area contributed by atoms with Crippen LogP contribution in [-0.4, -0.2) is 6.29 Å². The molecule has 0 radical (unpaired) electrons. The Morgan fingerprint density at radius 2 is 1.84 bits per heavy atom. The molecular weight excluding hydrogens is 239 g/mol. The molecule has 0 bridgehead atoms. The third kappa shape index (κ3) is 3.28. The van der Waals surface area contributed by atoms with Gasteiger partial charge in [0.2, 0.25) is 0 Å². The smallest absolute Gasteiger partial charge is 0.152 e. The van der Waals surface area contributed by atoms with E-state index in [9.17, 15) is 9.18 Å². The van der Waals surface area contributed by atoms with Crippen LogP contribution >= 0.6 is 0 Å². The van der Waals surface area contributed by atoms with Gasteiger partial charge in [0.1, 0.15) is 5.82 Å². The highest BCUT2D eigenvalue weighted by Gasteiger charge is 2.05. The Morgan fingerprint density at radius 1 is 1.11 bits per heavy atom. The quantitative estimate of drug-likeness (QED) is 0.736. The Labute approximate surface area is 113 Å². The van der Waals surface area contributed by atoms with Gasteiger partial charge in [-0.1, -0.05) is 44.2 Å². The average molecular weight is 256 g/mol. The second-order valence-corrected chi connectivity index (χ2v) is 5.15. The Morgan fingerprint density at radius 3 is 2.47 bits per heavy atom. The summed E-state index contributed by atoms with van der Waals surface area (Å²) in [5.41, 5.74) is 3.12. The monoisotopic (exact) mass is 256 g/mol. The summed E-state index contributed by atoms with van der Waals surface area (Å²) < 4.78 is 13.6. The van der Waals surface area contributed by atoms with Crippen molar-refractivity contribution in [2.45, 2.75) is 20.3 Å². The first kappa shape index (κ1) is 13.5. The number of hydrogen-bond donors (Lipinski definition) is 0. The highest BCUT2D eigenvalue weighted by Crippen LogP contribution is 2.23. The van der Waals surface area contributed by atoms with Gasteiger partial charge in [-0.2, -0.15) is 0 Å². The van der Waals surface area contributed by atoms with Crippen LogP contribution in [-0.2, 0) is 6.42 Å². The minimum Gasteiger partial charge on any atom is -0.298 e. The molecule has 0 aliphatic rings. The van der Waals surface area contributed by atoms with Crippen molar-refractivity contribution >= 4 is 6.29 Å². The minimum atomic E-state index is -0.471. The van der Waals surface area contributed by atoms with Crippen LogP contribution in [0.5, 0.6) is 0 Å². The van der Waals surface area contributed by atoms with Gasteiger partial charge in [0.05, 0.1) is 5.56 Å². The number of hydrogen-bond acceptors (Lipinski definition) is 1. The molecule has 0 atom stereocenters. The molecule has 0 spiro atoms. The van der Waals surface area contributed by atoms with E-state index in [1.807, 2.05) is 12.1 Å². The lowest BCUT2D eigenvalue weighted by Crippen LogP contribution is -1.94. The fourth-order valence-corrected chi connectivity index (χ4v) is 2.15. The van der Waals surface area contributed by atoms with Crippen molar-refractivity contribution < 1.29 is 9.18 Å². The van der Waals surface area contributed by atoms with E-state index in [-0.39, 0.29) is 5.56 Å². The SMILES string of the molecule is CC(C)Cc1cccc(-c2ccc(C=O)c(F)c2)c1. The summed E-state index contributed by atoms with van der Waals surface area (Å²) in [5, 5.41) is 0. The third-order valence-electron chi connectivity index (χ3n) is 3.03. The molecule has 0 heterocycles. The molecular formula is C17H17FO. The summed E-state index contributed by atoms with van der Waals surface area (Å²) in [6, 6.07) is 12.8. The molecule has 2 aromatic carbocycles. The van der Waals surface area contributed by atoms with Gasteiger partial charge in [0.25, 0.3) is 0 Å². The molecule has 0 saturated heterocycles. The topological polar surface area (TPSA) is 17.1 Å². The largest absolute Gasteiger partial charge is 0.298 e. The molecule has 2 rings (SSSR count). The Balaban J connectivity index is 2.36. The maximum absolute atomic E-state index is 13.6. The van der Waals surface area contributed by atoms with Crippen LogP contribution in [0.25, 0.3) is 11.1 Å². The first-order chi connectivity index (χ1) is 9.10. The molecule has 0 aliphatic heterocycles. The molecule has 0 aromatic heterocycles. The van der Waals surface area contributed by atoms with Gasteiger partial charge in [-0.25, -0.2) is 4.39 Å². The molecule has 1 nitrogen and oxygen atoms in total. The zero-order chi connectivity index (χ0) is 13.8. The van der Waals surface area contributed by atoms with E-state index in [4.69, 9.17) is 0 Å². The van der Waals surface area contributed by atoms with Crippen molar-refractivity contribution in [1.29, 1.82) is 0 Å². The number of carbonyl (C=O) groups excluding carboxylic acids is 1. The number of halogens is 1. The molecule has 0 aliphatic carbocycles. The highest BCUT2D eigenvalue weighted by atomic mass is 19.1. The van der Waals surface area contributed by atoms with E-state index in [0.717, 1.165) is 17.5 Å². The van der Waals surface area contributed by atoms with Gasteiger partial charge in [0, 0.05) is 0 Å². The maximum atomic E-state index is 13.6. The molecule has 98 valence electrons. The third-order valence-corrected chi connectivity index (χ3v) is 3.03. The van der Waals surface area contributed by atoms with E-state index in [0.29, 0.717) is 12.2 Å². The van der Waals surface area contributed by atoms with Crippen LogP contribution in [0.4, 0.5) is 4.39 Å². The van der Waals surface area contributed by atoms with E-state index in [1.165, 1.54) is 17.7 Å². The Bertz CT molecular complexity index is 588. The van der Waals surface area contributed by atoms with E-state index in [1.54, 1.807) is 6.07 Å². The highest BCUT2D eigenvalue weighted by molar-refractivity contribution is 5.77. The maximum Gasteiger partial charge on any atom is 0.152 e. The fourth-order valence-electron chi connectivity index (χ4n) is 2.15. The van der Waals surface area contributed by atoms with Crippen LogP contribution in [0, 0.1) is 11.7 Å². The number of rotatable bonds is 4. The summed E-state index contributed by atoms with van der Waals surface area (Å²) in [4.78, 5) is 10.6.